The first-order valence-electron chi connectivity index (χ1n) is 5.39. The zero-order chi connectivity index (χ0) is 12.8. The van der Waals surface area contributed by atoms with Crippen molar-refractivity contribution in [2.75, 3.05) is 19.7 Å². The average Bonchev–Trinajstić information content (AvgIpc) is 2.23. The predicted molar refractivity (Wildman–Crippen MR) is 59.5 cm³/mol. The quantitative estimate of drug-likeness (QED) is 0.833. The number of hydrogen-bond donors (Lipinski definition) is 1. The van der Waals surface area contributed by atoms with Gasteiger partial charge in [-0.2, -0.15) is 0 Å². The number of aryl methyl sites for hydroxylation is 1. The van der Waals surface area contributed by atoms with Crippen molar-refractivity contribution in [1.29, 1.82) is 0 Å². The standard InChI is InChI=1S/C12H16F3NO/c1-9-2-3-11(13)6-10(9)7-16(4-5-17)8-12(14)15/h2-3,6,12,17H,4-5,7-8H2,1H3. The minimum atomic E-state index is -2.46. The van der Waals surface area contributed by atoms with Crippen LogP contribution in [0.4, 0.5) is 13.2 Å². The summed E-state index contributed by atoms with van der Waals surface area (Å²) in [4.78, 5) is 1.41. The summed E-state index contributed by atoms with van der Waals surface area (Å²) in [5.41, 5.74) is 1.52. The molecule has 0 aromatic heterocycles. The minimum Gasteiger partial charge on any atom is -0.395 e. The lowest BCUT2D eigenvalue weighted by Gasteiger charge is -2.21. The van der Waals surface area contributed by atoms with Crippen molar-refractivity contribution >= 4 is 0 Å². The molecule has 17 heavy (non-hydrogen) atoms. The molecule has 0 heterocycles. The summed E-state index contributed by atoms with van der Waals surface area (Å²) < 4.78 is 37.6. The third-order valence-electron chi connectivity index (χ3n) is 2.52. The highest BCUT2D eigenvalue weighted by Crippen LogP contribution is 2.13. The second kappa shape index (κ2) is 6.61. The first-order chi connectivity index (χ1) is 8.02. The van der Waals surface area contributed by atoms with E-state index in [0.717, 1.165) is 5.56 Å². The van der Waals surface area contributed by atoms with Crippen LogP contribution in [0, 0.1) is 12.7 Å². The summed E-state index contributed by atoms with van der Waals surface area (Å²) in [5, 5.41) is 8.79. The Bertz CT molecular complexity index is 358. The third kappa shape index (κ3) is 4.75. The van der Waals surface area contributed by atoms with Gasteiger partial charge in [0.1, 0.15) is 5.82 Å². The molecule has 96 valence electrons. The summed E-state index contributed by atoms with van der Waals surface area (Å²) in [6.07, 6.45) is -2.46. The maximum atomic E-state index is 13.0. The van der Waals surface area contributed by atoms with Crippen LogP contribution in [-0.4, -0.2) is 36.1 Å². The van der Waals surface area contributed by atoms with Gasteiger partial charge in [-0.15, -0.1) is 0 Å². The molecule has 0 spiro atoms. The van der Waals surface area contributed by atoms with E-state index in [1.165, 1.54) is 17.0 Å². The Kier molecular flexibility index (Phi) is 5.44. The molecule has 0 aliphatic rings. The van der Waals surface area contributed by atoms with Crippen molar-refractivity contribution in [3.05, 3.63) is 35.1 Å². The molecule has 2 nitrogen and oxygen atoms in total. The molecule has 5 heteroatoms. The van der Waals surface area contributed by atoms with Crippen molar-refractivity contribution in [1.82, 2.24) is 4.90 Å². The maximum absolute atomic E-state index is 13.0. The second-order valence-electron chi connectivity index (χ2n) is 3.92. The maximum Gasteiger partial charge on any atom is 0.251 e. The fourth-order valence-corrected chi connectivity index (χ4v) is 1.62. The van der Waals surface area contributed by atoms with E-state index in [0.29, 0.717) is 5.56 Å². The van der Waals surface area contributed by atoms with Crippen molar-refractivity contribution in [2.45, 2.75) is 19.9 Å². The fraction of sp³-hybridized carbons (Fsp3) is 0.500. The fourth-order valence-electron chi connectivity index (χ4n) is 1.62. The molecule has 1 rings (SSSR count). The molecule has 0 aliphatic heterocycles. The van der Waals surface area contributed by atoms with Gasteiger partial charge in [-0.1, -0.05) is 6.07 Å². The number of nitrogens with zero attached hydrogens (tertiary/aromatic N) is 1. The van der Waals surface area contributed by atoms with E-state index >= 15 is 0 Å². The molecule has 0 atom stereocenters. The van der Waals surface area contributed by atoms with E-state index in [2.05, 4.69) is 0 Å². The molecule has 0 fully saturated rings. The van der Waals surface area contributed by atoms with Gasteiger partial charge in [-0.05, 0) is 30.2 Å². The highest BCUT2D eigenvalue weighted by Gasteiger charge is 2.13. The van der Waals surface area contributed by atoms with Crippen molar-refractivity contribution < 1.29 is 18.3 Å². The van der Waals surface area contributed by atoms with Gasteiger partial charge in [0.25, 0.3) is 6.43 Å². The van der Waals surface area contributed by atoms with Crippen molar-refractivity contribution in [3.63, 3.8) is 0 Å². The molecule has 0 aliphatic carbocycles. The van der Waals surface area contributed by atoms with Gasteiger partial charge in [0, 0.05) is 13.1 Å². The first kappa shape index (κ1) is 14.0. The third-order valence-corrected chi connectivity index (χ3v) is 2.52. The Morgan fingerprint density at radius 3 is 2.65 bits per heavy atom. The number of aliphatic hydroxyl groups is 1. The summed E-state index contributed by atoms with van der Waals surface area (Å²) in [5.74, 6) is -0.383. The SMILES string of the molecule is Cc1ccc(F)cc1CN(CCO)CC(F)F. The molecule has 0 unspecified atom stereocenters. The highest BCUT2D eigenvalue weighted by atomic mass is 19.3. The van der Waals surface area contributed by atoms with Crippen LogP contribution < -0.4 is 0 Å². The number of hydrogen-bond acceptors (Lipinski definition) is 2. The number of rotatable bonds is 6. The highest BCUT2D eigenvalue weighted by molar-refractivity contribution is 5.26. The van der Waals surface area contributed by atoms with E-state index in [-0.39, 0.29) is 25.5 Å². The Labute approximate surface area is 98.7 Å². The molecular formula is C12H16F3NO. The van der Waals surface area contributed by atoms with E-state index in [4.69, 9.17) is 5.11 Å². The smallest absolute Gasteiger partial charge is 0.251 e. The van der Waals surface area contributed by atoms with Crippen LogP contribution in [0.25, 0.3) is 0 Å². The number of halogens is 3. The van der Waals surface area contributed by atoms with Gasteiger partial charge in [0.05, 0.1) is 13.2 Å². The number of aliphatic hydroxyl groups excluding tert-OH is 1. The van der Waals surface area contributed by atoms with Gasteiger partial charge < -0.3 is 5.11 Å². The van der Waals surface area contributed by atoms with E-state index in [9.17, 15) is 13.2 Å². The summed E-state index contributed by atoms with van der Waals surface area (Å²) >= 11 is 0. The van der Waals surface area contributed by atoms with E-state index < -0.39 is 13.0 Å². The van der Waals surface area contributed by atoms with Crippen LogP contribution >= 0.6 is 0 Å². The number of benzene rings is 1. The van der Waals surface area contributed by atoms with Crippen LogP contribution in [0.3, 0.4) is 0 Å². The van der Waals surface area contributed by atoms with Gasteiger partial charge in [-0.3, -0.25) is 4.90 Å². The zero-order valence-electron chi connectivity index (χ0n) is 9.67. The molecule has 0 amide bonds. The Morgan fingerprint density at radius 1 is 1.35 bits per heavy atom. The molecule has 0 radical (unpaired) electrons. The molecule has 0 bridgehead atoms. The monoisotopic (exact) mass is 247 g/mol. The molecule has 1 N–H and O–H groups in total. The zero-order valence-corrected chi connectivity index (χ0v) is 9.67. The molecular weight excluding hydrogens is 231 g/mol. The molecule has 1 aromatic rings. The van der Waals surface area contributed by atoms with Gasteiger partial charge in [-0.25, -0.2) is 13.2 Å². The van der Waals surface area contributed by atoms with Crippen LogP contribution in [0.5, 0.6) is 0 Å². The Morgan fingerprint density at radius 2 is 2.06 bits per heavy atom. The van der Waals surface area contributed by atoms with E-state index in [1.54, 1.807) is 13.0 Å². The van der Waals surface area contributed by atoms with Gasteiger partial charge in [0.15, 0.2) is 0 Å². The minimum absolute atomic E-state index is 0.153. The van der Waals surface area contributed by atoms with Crippen LogP contribution in [0.1, 0.15) is 11.1 Å². The summed E-state index contributed by atoms with van der Waals surface area (Å²) in [7, 11) is 0. The molecule has 0 saturated carbocycles. The second-order valence-corrected chi connectivity index (χ2v) is 3.92. The van der Waals surface area contributed by atoms with Gasteiger partial charge >= 0.3 is 0 Å². The molecule has 0 saturated heterocycles. The van der Waals surface area contributed by atoms with Crippen molar-refractivity contribution in [2.24, 2.45) is 0 Å². The topological polar surface area (TPSA) is 23.5 Å². The summed E-state index contributed by atoms with van der Waals surface area (Å²) in [6, 6.07) is 4.29. The average molecular weight is 247 g/mol. The largest absolute Gasteiger partial charge is 0.395 e. The Balaban J connectivity index is 2.74. The van der Waals surface area contributed by atoms with Gasteiger partial charge in [0.2, 0.25) is 0 Å². The van der Waals surface area contributed by atoms with Crippen LogP contribution in [0.15, 0.2) is 18.2 Å². The molecule has 1 aromatic carbocycles. The van der Waals surface area contributed by atoms with Crippen LogP contribution in [-0.2, 0) is 6.54 Å². The van der Waals surface area contributed by atoms with Crippen molar-refractivity contribution in [3.8, 4) is 0 Å². The normalized spacial score (nSPS) is 11.5. The Hall–Kier alpha value is -1.07. The lowest BCUT2D eigenvalue weighted by atomic mass is 10.1. The first-order valence-corrected chi connectivity index (χ1v) is 5.39. The van der Waals surface area contributed by atoms with Crippen LogP contribution in [0.2, 0.25) is 0 Å². The van der Waals surface area contributed by atoms with E-state index in [1.807, 2.05) is 0 Å². The lowest BCUT2D eigenvalue weighted by molar-refractivity contribution is 0.0745. The predicted octanol–water partition coefficient (Wildman–Crippen LogP) is 2.19. The number of alkyl halides is 2. The summed E-state index contributed by atoms with van der Waals surface area (Å²) in [6.45, 7) is 1.56. The lowest BCUT2D eigenvalue weighted by Crippen LogP contribution is -2.31.